The standard InChI is InChI=1S/C17H31NO/c1-13-4-6-17(12-19,7-5-13)18-11-16-9-14(2)8-15(3)10-16/h8,13-14,16,18-19H,4-7,9-12H2,1-3H3. The molecule has 2 nitrogen and oxygen atoms in total. The van der Waals surface area contributed by atoms with Crippen molar-refractivity contribution in [2.45, 2.75) is 64.8 Å². The van der Waals surface area contributed by atoms with Crippen LogP contribution in [0.2, 0.25) is 0 Å². The van der Waals surface area contributed by atoms with E-state index in [1.165, 1.54) is 25.7 Å². The molecule has 2 unspecified atom stereocenters. The molecule has 0 amide bonds. The van der Waals surface area contributed by atoms with Crippen LogP contribution in [0, 0.1) is 17.8 Å². The molecule has 2 aliphatic carbocycles. The maximum absolute atomic E-state index is 9.79. The van der Waals surface area contributed by atoms with E-state index in [1.807, 2.05) is 0 Å². The van der Waals surface area contributed by atoms with E-state index in [9.17, 15) is 5.11 Å². The highest BCUT2D eigenvalue weighted by molar-refractivity contribution is 5.06. The second kappa shape index (κ2) is 6.41. The van der Waals surface area contributed by atoms with Crippen molar-refractivity contribution < 1.29 is 5.11 Å². The first-order valence-corrected chi connectivity index (χ1v) is 8.06. The first kappa shape index (κ1) is 15.1. The predicted octanol–water partition coefficient (Wildman–Crippen LogP) is 3.51. The zero-order valence-corrected chi connectivity index (χ0v) is 12.9. The van der Waals surface area contributed by atoms with Crippen LogP contribution in [0.4, 0.5) is 0 Å². The second-order valence-corrected chi connectivity index (χ2v) is 7.30. The Kier molecular flexibility index (Phi) is 5.08. The Hall–Kier alpha value is -0.340. The van der Waals surface area contributed by atoms with E-state index in [0.29, 0.717) is 6.61 Å². The molecule has 2 aliphatic rings. The maximum atomic E-state index is 9.79. The highest BCUT2D eigenvalue weighted by Crippen LogP contribution is 2.33. The molecule has 0 aromatic rings. The summed E-state index contributed by atoms with van der Waals surface area (Å²) < 4.78 is 0. The molecule has 2 heteroatoms. The van der Waals surface area contributed by atoms with E-state index in [-0.39, 0.29) is 5.54 Å². The Bertz CT molecular complexity index is 315. The fraction of sp³-hybridized carbons (Fsp3) is 0.882. The van der Waals surface area contributed by atoms with Gasteiger partial charge in [0, 0.05) is 5.54 Å². The lowest BCUT2D eigenvalue weighted by molar-refractivity contribution is 0.0997. The lowest BCUT2D eigenvalue weighted by Crippen LogP contribution is -2.52. The van der Waals surface area contributed by atoms with Crippen LogP contribution < -0.4 is 5.32 Å². The van der Waals surface area contributed by atoms with Crippen LogP contribution in [0.25, 0.3) is 0 Å². The minimum atomic E-state index is 0.0187. The Labute approximate surface area is 118 Å². The first-order valence-electron chi connectivity index (χ1n) is 8.06. The third-order valence-electron chi connectivity index (χ3n) is 5.18. The van der Waals surface area contributed by atoms with Crippen molar-refractivity contribution >= 4 is 0 Å². The molecule has 0 radical (unpaired) electrons. The number of nitrogens with one attached hydrogen (secondary N) is 1. The predicted molar refractivity (Wildman–Crippen MR) is 81.1 cm³/mol. The summed E-state index contributed by atoms with van der Waals surface area (Å²) in [6, 6.07) is 0. The van der Waals surface area contributed by atoms with Gasteiger partial charge in [-0.2, -0.15) is 0 Å². The minimum Gasteiger partial charge on any atom is -0.394 e. The summed E-state index contributed by atoms with van der Waals surface area (Å²) in [5, 5.41) is 13.5. The van der Waals surface area contributed by atoms with Crippen LogP contribution in [-0.2, 0) is 0 Å². The Morgan fingerprint density at radius 3 is 2.58 bits per heavy atom. The molecule has 2 rings (SSSR count). The number of aliphatic hydroxyl groups is 1. The SMILES string of the molecule is CC1=CC(C)CC(CNC2(CO)CCC(C)CC2)C1. The normalized spacial score (nSPS) is 40.0. The highest BCUT2D eigenvalue weighted by Gasteiger charge is 2.33. The zero-order valence-electron chi connectivity index (χ0n) is 12.9. The maximum Gasteiger partial charge on any atom is 0.0613 e. The fourth-order valence-electron chi connectivity index (χ4n) is 3.91. The molecular weight excluding hydrogens is 234 g/mol. The Morgan fingerprint density at radius 1 is 1.32 bits per heavy atom. The van der Waals surface area contributed by atoms with Crippen molar-refractivity contribution in [1.82, 2.24) is 5.32 Å². The quantitative estimate of drug-likeness (QED) is 0.762. The van der Waals surface area contributed by atoms with Crippen LogP contribution in [0.15, 0.2) is 11.6 Å². The van der Waals surface area contributed by atoms with Gasteiger partial charge in [-0.05, 0) is 69.7 Å². The molecule has 0 spiro atoms. The van der Waals surface area contributed by atoms with Crippen LogP contribution >= 0.6 is 0 Å². The molecule has 2 atom stereocenters. The van der Waals surface area contributed by atoms with Gasteiger partial charge in [0.05, 0.1) is 6.61 Å². The number of aliphatic hydroxyl groups excluding tert-OH is 1. The summed E-state index contributed by atoms with van der Waals surface area (Å²) in [4.78, 5) is 0. The van der Waals surface area contributed by atoms with Crippen LogP contribution in [0.1, 0.15) is 59.3 Å². The van der Waals surface area contributed by atoms with Crippen molar-refractivity contribution in [3.63, 3.8) is 0 Å². The van der Waals surface area contributed by atoms with Crippen molar-refractivity contribution in [2.24, 2.45) is 17.8 Å². The van der Waals surface area contributed by atoms with Crippen LogP contribution in [-0.4, -0.2) is 23.8 Å². The summed E-state index contributed by atoms with van der Waals surface area (Å²) in [6.07, 6.45) is 9.74. The van der Waals surface area contributed by atoms with Crippen molar-refractivity contribution in [2.75, 3.05) is 13.2 Å². The van der Waals surface area contributed by atoms with Gasteiger partial charge in [0.1, 0.15) is 0 Å². The Balaban J connectivity index is 1.85. The summed E-state index contributed by atoms with van der Waals surface area (Å²) in [6.45, 7) is 8.28. The van der Waals surface area contributed by atoms with Gasteiger partial charge in [0.2, 0.25) is 0 Å². The number of hydrogen-bond acceptors (Lipinski definition) is 2. The van der Waals surface area contributed by atoms with Gasteiger partial charge in [-0.3, -0.25) is 0 Å². The third-order valence-corrected chi connectivity index (χ3v) is 5.18. The number of allylic oxidation sites excluding steroid dienone is 2. The van der Waals surface area contributed by atoms with Gasteiger partial charge in [-0.25, -0.2) is 0 Å². The summed E-state index contributed by atoms with van der Waals surface area (Å²) in [5.74, 6) is 2.31. The monoisotopic (exact) mass is 265 g/mol. The van der Waals surface area contributed by atoms with E-state index in [2.05, 4.69) is 32.2 Å². The topological polar surface area (TPSA) is 32.3 Å². The summed E-state index contributed by atoms with van der Waals surface area (Å²) in [5.41, 5.74) is 1.56. The van der Waals surface area contributed by atoms with Gasteiger partial charge in [-0.15, -0.1) is 0 Å². The van der Waals surface area contributed by atoms with Crippen LogP contribution in [0.5, 0.6) is 0 Å². The average Bonchev–Trinajstić information content (AvgIpc) is 2.38. The van der Waals surface area contributed by atoms with Gasteiger partial charge >= 0.3 is 0 Å². The molecule has 2 N–H and O–H groups in total. The van der Waals surface area contributed by atoms with Gasteiger partial charge in [-0.1, -0.05) is 25.5 Å². The van der Waals surface area contributed by atoms with Gasteiger partial charge < -0.3 is 10.4 Å². The van der Waals surface area contributed by atoms with Gasteiger partial charge in [0.15, 0.2) is 0 Å². The number of rotatable bonds is 4. The molecular formula is C17H31NO. The van der Waals surface area contributed by atoms with E-state index >= 15 is 0 Å². The van der Waals surface area contributed by atoms with Crippen LogP contribution in [0.3, 0.4) is 0 Å². The van der Waals surface area contributed by atoms with E-state index in [1.54, 1.807) is 5.57 Å². The lowest BCUT2D eigenvalue weighted by Gasteiger charge is -2.40. The summed E-state index contributed by atoms with van der Waals surface area (Å²) >= 11 is 0. The minimum absolute atomic E-state index is 0.0187. The van der Waals surface area contributed by atoms with Gasteiger partial charge in [0.25, 0.3) is 0 Å². The lowest BCUT2D eigenvalue weighted by atomic mass is 9.76. The molecule has 0 saturated heterocycles. The summed E-state index contributed by atoms with van der Waals surface area (Å²) in [7, 11) is 0. The smallest absolute Gasteiger partial charge is 0.0613 e. The van der Waals surface area contributed by atoms with E-state index in [0.717, 1.165) is 37.1 Å². The molecule has 19 heavy (non-hydrogen) atoms. The molecule has 110 valence electrons. The van der Waals surface area contributed by atoms with E-state index in [4.69, 9.17) is 0 Å². The zero-order chi connectivity index (χ0) is 13.9. The van der Waals surface area contributed by atoms with Crippen molar-refractivity contribution in [3.8, 4) is 0 Å². The first-order chi connectivity index (χ1) is 9.03. The second-order valence-electron chi connectivity index (χ2n) is 7.30. The number of hydrogen-bond donors (Lipinski definition) is 2. The molecule has 1 fully saturated rings. The average molecular weight is 265 g/mol. The third kappa shape index (κ3) is 4.06. The molecule has 0 aliphatic heterocycles. The molecule has 0 heterocycles. The van der Waals surface area contributed by atoms with Crippen molar-refractivity contribution in [1.29, 1.82) is 0 Å². The molecule has 0 aromatic carbocycles. The molecule has 0 aromatic heterocycles. The molecule has 0 bridgehead atoms. The molecule has 1 saturated carbocycles. The fourth-order valence-corrected chi connectivity index (χ4v) is 3.91. The Morgan fingerprint density at radius 2 is 2.00 bits per heavy atom. The van der Waals surface area contributed by atoms with E-state index < -0.39 is 0 Å². The van der Waals surface area contributed by atoms with Crippen molar-refractivity contribution in [3.05, 3.63) is 11.6 Å². The largest absolute Gasteiger partial charge is 0.394 e. The highest BCUT2D eigenvalue weighted by atomic mass is 16.3.